The zero-order valence-corrected chi connectivity index (χ0v) is 7.92. The summed E-state index contributed by atoms with van der Waals surface area (Å²) >= 11 is 0. The van der Waals surface area contributed by atoms with Crippen LogP contribution in [-0.4, -0.2) is 41.8 Å². The summed E-state index contributed by atoms with van der Waals surface area (Å²) in [5.41, 5.74) is 5.01. The molecule has 1 fully saturated rings. The van der Waals surface area contributed by atoms with Gasteiger partial charge in [-0.3, -0.25) is 0 Å². The quantitative estimate of drug-likeness (QED) is 0.638. The molecule has 3 N–H and O–H groups in total. The maximum atomic E-state index is 9.67. The van der Waals surface area contributed by atoms with E-state index in [0.29, 0.717) is 0 Å². The summed E-state index contributed by atoms with van der Waals surface area (Å²) in [4.78, 5) is 2.38. The van der Waals surface area contributed by atoms with Gasteiger partial charge in [0.25, 0.3) is 0 Å². The first-order chi connectivity index (χ1) is 5.64. The van der Waals surface area contributed by atoms with E-state index in [1.807, 2.05) is 6.92 Å². The van der Waals surface area contributed by atoms with Crippen LogP contribution in [0.5, 0.6) is 0 Å². The van der Waals surface area contributed by atoms with E-state index in [1.165, 1.54) is 0 Å². The van der Waals surface area contributed by atoms with E-state index in [9.17, 15) is 5.11 Å². The Morgan fingerprint density at radius 3 is 2.50 bits per heavy atom. The molecular formula is C9H20N2O. The Morgan fingerprint density at radius 1 is 1.42 bits per heavy atom. The van der Waals surface area contributed by atoms with Gasteiger partial charge in [-0.1, -0.05) is 0 Å². The Balaban J connectivity index is 2.18. The molecule has 72 valence electrons. The second-order valence-corrected chi connectivity index (χ2v) is 3.98. The summed E-state index contributed by atoms with van der Waals surface area (Å²) in [7, 11) is 0. The first-order valence-corrected chi connectivity index (χ1v) is 4.79. The van der Waals surface area contributed by atoms with E-state index in [0.717, 1.165) is 45.4 Å². The lowest BCUT2D eigenvalue weighted by Gasteiger charge is -2.35. The third-order valence-electron chi connectivity index (χ3n) is 2.61. The second kappa shape index (κ2) is 4.21. The topological polar surface area (TPSA) is 49.5 Å². The molecule has 1 aliphatic heterocycles. The molecule has 0 atom stereocenters. The number of aliphatic hydroxyl groups is 1. The van der Waals surface area contributed by atoms with Crippen molar-refractivity contribution >= 4 is 0 Å². The highest BCUT2D eigenvalue weighted by Gasteiger charge is 2.26. The van der Waals surface area contributed by atoms with Crippen molar-refractivity contribution in [1.29, 1.82) is 0 Å². The Hall–Kier alpha value is -0.120. The molecule has 3 nitrogen and oxygen atoms in total. The molecule has 0 radical (unpaired) electrons. The molecule has 1 rings (SSSR count). The molecule has 0 aromatic heterocycles. The Bertz CT molecular complexity index is 126. The van der Waals surface area contributed by atoms with Crippen LogP contribution in [0, 0.1) is 0 Å². The molecule has 1 saturated heterocycles. The van der Waals surface area contributed by atoms with Crippen LogP contribution < -0.4 is 5.73 Å². The molecule has 1 heterocycles. The van der Waals surface area contributed by atoms with Crippen LogP contribution >= 0.6 is 0 Å². The van der Waals surface area contributed by atoms with E-state index >= 15 is 0 Å². The molecule has 0 unspecified atom stereocenters. The van der Waals surface area contributed by atoms with E-state index in [-0.39, 0.29) is 0 Å². The molecule has 0 bridgehead atoms. The van der Waals surface area contributed by atoms with E-state index in [2.05, 4.69) is 4.90 Å². The lowest BCUT2D eigenvalue weighted by atomic mass is 9.94. The van der Waals surface area contributed by atoms with Gasteiger partial charge in [-0.2, -0.15) is 0 Å². The fraction of sp³-hybridized carbons (Fsp3) is 1.00. The van der Waals surface area contributed by atoms with Gasteiger partial charge in [0.05, 0.1) is 5.60 Å². The summed E-state index contributed by atoms with van der Waals surface area (Å²) in [5, 5.41) is 9.67. The van der Waals surface area contributed by atoms with E-state index < -0.39 is 5.60 Å². The smallest absolute Gasteiger partial charge is 0.0644 e. The Morgan fingerprint density at radius 2 is 2.00 bits per heavy atom. The average Bonchev–Trinajstić information content (AvgIpc) is 2.03. The molecule has 0 aliphatic carbocycles. The largest absolute Gasteiger partial charge is 0.390 e. The Labute approximate surface area is 74.5 Å². The third-order valence-corrected chi connectivity index (χ3v) is 2.61. The Kier molecular flexibility index (Phi) is 3.50. The molecule has 0 aromatic carbocycles. The zero-order chi connectivity index (χ0) is 9.03. The molecular weight excluding hydrogens is 152 g/mol. The lowest BCUT2D eigenvalue weighted by molar-refractivity contribution is -0.00526. The predicted molar refractivity (Wildman–Crippen MR) is 50.0 cm³/mol. The van der Waals surface area contributed by atoms with Crippen LogP contribution in [0.4, 0.5) is 0 Å². The first kappa shape index (κ1) is 9.96. The van der Waals surface area contributed by atoms with Crippen LogP contribution in [0.25, 0.3) is 0 Å². The van der Waals surface area contributed by atoms with Gasteiger partial charge in [0.2, 0.25) is 0 Å². The molecule has 0 aromatic rings. The number of nitrogens with two attached hydrogens (primary N) is 1. The molecule has 0 spiro atoms. The van der Waals surface area contributed by atoms with Crippen molar-refractivity contribution < 1.29 is 5.11 Å². The average molecular weight is 172 g/mol. The third kappa shape index (κ3) is 3.09. The SMILES string of the molecule is CC1(O)CCN(CCCN)CC1. The van der Waals surface area contributed by atoms with Gasteiger partial charge < -0.3 is 15.7 Å². The van der Waals surface area contributed by atoms with Crippen LogP contribution in [0.2, 0.25) is 0 Å². The van der Waals surface area contributed by atoms with Crippen LogP contribution in [0.15, 0.2) is 0 Å². The minimum Gasteiger partial charge on any atom is -0.390 e. The second-order valence-electron chi connectivity index (χ2n) is 3.98. The fourth-order valence-corrected chi connectivity index (χ4v) is 1.57. The zero-order valence-electron chi connectivity index (χ0n) is 7.92. The summed E-state index contributed by atoms with van der Waals surface area (Å²) in [6.07, 6.45) is 2.87. The molecule has 12 heavy (non-hydrogen) atoms. The molecule has 1 aliphatic rings. The van der Waals surface area contributed by atoms with Gasteiger partial charge in [0.15, 0.2) is 0 Å². The molecule has 3 heteroatoms. The summed E-state index contributed by atoms with van der Waals surface area (Å²) in [6.45, 7) is 5.83. The molecule has 0 amide bonds. The summed E-state index contributed by atoms with van der Waals surface area (Å²) < 4.78 is 0. The lowest BCUT2D eigenvalue weighted by Crippen LogP contribution is -2.42. The number of nitrogens with zero attached hydrogens (tertiary/aromatic N) is 1. The minimum absolute atomic E-state index is 0.417. The van der Waals surface area contributed by atoms with Crippen molar-refractivity contribution in [3.05, 3.63) is 0 Å². The highest BCUT2D eigenvalue weighted by molar-refractivity contribution is 4.81. The fourth-order valence-electron chi connectivity index (χ4n) is 1.57. The van der Waals surface area contributed by atoms with Crippen LogP contribution in [-0.2, 0) is 0 Å². The van der Waals surface area contributed by atoms with Gasteiger partial charge >= 0.3 is 0 Å². The van der Waals surface area contributed by atoms with Crippen LogP contribution in [0.3, 0.4) is 0 Å². The standard InChI is InChI=1S/C9H20N2O/c1-9(12)3-7-11(8-4-9)6-2-5-10/h12H,2-8,10H2,1H3. The van der Waals surface area contributed by atoms with Crippen molar-refractivity contribution in [2.45, 2.75) is 31.8 Å². The highest BCUT2D eigenvalue weighted by Crippen LogP contribution is 2.20. The number of hydrogen-bond donors (Lipinski definition) is 2. The van der Waals surface area contributed by atoms with Gasteiger partial charge in [-0.25, -0.2) is 0 Å². The maximum Gasteiger partial charge on any atom is 0.0644 e. The number of rotatable bonds is 3. The van der Waals surface area contributed by atoms with E-state index in [4.69, 9.17) is 5.73 Å². The summed E-state index contributed by atoms with van der Waals surface area (Å²) in [6, 6.07) is 0. The van der Waals surface area contributed by atoms with E-state index in [1.54, 1.807) is 0 Å². The van der Waals surface area contributed by atoms with Gasteiger partial charge in [0.1, 0.15) is 0 Å². The van der Waals surface area contributed by atoms with Crippen molar-refractivity contribution in [1.82, 2.24) is 4.90 Å². The highest BCUT2D eigenvalue weighted by atomic mass is 16.3. The van der Waals surface area contributed by atoms with Gasteiger partial charge in [-0.05, 0) is 39.3 Å². The minimum atomic E-state index is -0.417. The van der Waals surface area contributed by atoms with Crippen molar-refractivity contribution in [3.63, 3.8) is 0 Å². The van der Waals surface area contributed by atoms with Gasteiger partial charge in [-0.15, -0.1) is 0 Å². The predicted octanol–water partition coefficient (Wildman–Crippen LogP) is 0.182. The number of piperidine rings is 1. The number of hydrogen-bond acceptors (Lipinski definition) is 3. The van der Waals surface area contributed by atoms with Crippen molar-refractivity contribution in [2.75, 3.05) is 26.2 Å². The van der Waals surface area contributed by atoms with Crippen molar-refractivity contribution in [3.8, 4) is 0 Å². The maximum absolute atomic E-state index is 9.67. The summed E-state index contributed by atoms with van der Waals surface area (Å²) in [5.74, 6) is 0. The van der Waals surface area contributed by atoms with Gasteiger partial charge in [0, 0.05) is 13.1 Å². The molecule has 0 saturated carbocycles. The van der Waals surface area contributed by atoms with Crippen molar-refractivity contribution in [2.24, 2.45) is 5.73 Å². The number of likely N-dealkylation sites (tertiary alicyclic amines) is 1. The monoisotopic (exact) mass is 172 g/mol. The first-order valence-electron chi connectivity index (χ1n) is 4.79. The van der Waals surface area contributed by atoms with Crippen LogP contribution in [0.1, 0.15) is 26.2 Å². The normalized spacial score (nSPS) is 24.2.